The number of rotatable bonds is 5. The maximum absolute atomic E-state index is 9.83. The van der Waals surface area contributed by atoms with E-state index in [0.717, 1.165) is 16.7 Å². The van der Waals surface area contributed by atoms with Gasteiger partial charge in [0.1, 0.15) is 7.85 Å². The van der Waals surface area contributed by atoms with E-state index in [9.17, 15) is 5.11 Å². The van der Waals surface area contributed by atoms with Crippen molar-refractivity contribution in [2.24, 2.45) is 5.73 Å². The Morgan fingerprint density at radius 1 is 1.57 bits per heavy atom. The number of hydrogen-bond donors (Lipinski definition) is 2. The van der Waals surface area contributed by atoms with Gasteiger partial charge in [-0.25, -0.2) is 0 Å². The summed E-state index contributed by atoms with van der Waals surface area (Å²) in [6, 6.07) is 6.39. The molecule has 0 aromatic heterocycles. The van der Waals surface area contributed by atoms with Gasteiger partial charge in [-0.1, -0.05) is 46.2 Å². The first-order valence-electron chi connectivity index (χ1n) is 6.98. The summed E-state index contributed by atoms with van der Waals surface area (Å²) in [5.74, 6) is 0. The number of nitrogens with two attached hydrogens (primary N) is 1. The van der Waals surface area contributed by atoms with Crippen LogP contribution in [-0.4, -0.2) is 38.7 Å². The van der Waals surface area contributed by atoms with E-state index in [-0.39, 0.29) is 6.54 Å². The predicted molar refractivity (Wildman–Crippen MR) is 97.1 cm³/mol. The molecule has 1 aromatic carbocycles. The molecule has 2 rings (SSSR count). The third kappa shape index (κ3) is 3.87. The fourth-order valence-electron chi connectivity index (χ4n) is 2.50. The van der Waals surface area contributed by atoms with E-state index >= 15 is 0 Å². The quantitative estimate of drug-likeness (QED) is 0.616. The molecular weight excluding hydrogens is 327 g/mol. The Kier molecular flexibility index (Phi) is 5.45. The first-order chi connectivity index (χ1) is 10.0. The Morgan fingerprint density at radius 3 is 3.00 bits per heavy atom. The number of halogens is 1. The van der Waals surface area contributed by atoms with Gasteiger partial charge in [-0.05, 0) is 23.8 Å². The zero-order valence-electron chi connectivity index (χ0n) is 12.2. The lowest BCUT2D eigenvalue weighted by Gasteiger charge is -2.21. The van der Waals surface area contributed by atoms with Crippen LogP contribution in [0.5, 0.6) is 0 Å². The number of benzene rings is 1. The highest BCUT2D eigenvalue weighted by Gasteiger charge is 2.24. The SMILES string of the molecule is Bc1ccc2c(c1)/C(=C/C(Br)=C\C=C)CN2CC(O)CN. The summed E-state index contributed by atoms with van der Waals surface area (Å²) < 4.78 is 0.987. The van der Waals surface area contributed by atoms with Crippen LogP contribution in [0.4, 0.5) is 5.69 Å². The first-order valence-corrected chi connectivity index (χ1v) is 7.77. The molecule has 0 saturated carbocycles. The van der Waals surface area contributed by atoms with Crippen molar-refractivity contribution in [3.63, 3.8) is 0 Å². The molecule has 0 bridgehead atoms. The average Bonchev–Trinajstić information content (AvgIpc) is 2.76. The summed E-state index contributed by atoms with van der Waals surface area (Å²) in [6.45, 7) is 5.30. The lowest BCUT2D eigenvalue weighted by molar-refractivity contribution is 0.189. The van der Waals surface area contributed by atoms with Gasteiger partial charge in [0.25, 0.3) is 0 Å². The summed E-state index contributed by atoms with van der Waals surface area (Å²) in [4.78, 5) is 2.17. The Morgan fingerprint density at radius 2 is 2.33 bits per heavy atom. The van der Waals surface area contributed by atoms with Crippen molar-refractivity contribution in [2.45, 2.75) is 6.10 Å². The fourth-order valence-corrected chi connectivity index (χ4v) is 2.96. The minimum absolute atomic E-state index is 0.275. The number of fused-ring (bicyclic) bond motifs is 1. The molecule has 0 fully saturated rings. The van der Waals surface area contributed by atoms with E-state index < -0.39 is 6.10 Å². The van der Waals surface area contributed by atoms with Gasteiger partial charge < -0.3 is 15.7 Å². The van der Waals surface area contributed by atoms with Gasteiger partial charge >= 0.3 is 0 Å². The van der Waals surface area contributed by atoms with Crippen molar-refractivity contribution in [3.05, 3.63) is 53.1 Å². The van der Waals surface area contributed by atoms with Crippen molar-refractivity contribution in [3.8, 4) is 0 Å². The number of anilines is 1. The van der Waals surface area contributed by atoms with E-state index in [2.05, 4.69) is 59.5 Å². The predicted octanol–water partition coefficient (Wildman–Crippen LogP) is 0.933. The number of aliphatic hydroxyl groups excluding tert-OH is 1. The molecule has 1 aliphatic rings. The van der Waals surface area contributed by atoms with E-state index in [1.54, 1.807) is 6.08 Å². The van der Waals surface area contributed by atoms with Crippen molar-refractivity contribution >= 4 is 40.5 Å². The van der Waals surface area contributed by atoms with Crippen LogP contribution in [0.3, 0.4) is 0 Å². The average molecular weight is 347 g/mol. The molecule has 0 aliphatic carbocycles. The monoisotopic (exact) mass is 346 g/mol. The number of β-amino-alcohol motifs (C(OH)–C–C–N with tert-alkyl or cyclic N) is 1. The molecule has 21 heavy (non-hydrogen) atoms. The lowest BCUT2D eigenvalue weighted by Crippen LogP contribution is -2.35. The second kappa shape index (κ2) is 7.12. The van der Waals surface area contributed by atoms with Crippen LogP contribution in [0.15, 0.2) is 47.5 Å². The Bertz CT molecular complexity index is 598. The molecule has 0 amide bonds. The largest absolute Gasteiger partial charge is 0.390 e. The summed E-state index contributed by atoms with van der Waals surface area (Å²) in [6.07, 6.45) is 5.27. The molecular formula is C16H20BBrN2O. The summed E-state index contributed by atoms with van der Waals surface area (Å²) >= 11 is 3.53. The molecule has 0 saturated heterocycles. The molecule has 1 aliphatic heterocycles. The van der Waals surface area contributed by atoms with Crippen LogP contribution in [0.1, 0.15) is 5.56 Å². The maximum atomic E-state index is 9.83. The van der Waals surface area contributed by atoms with Gasteiger partial charge in [-0.3, -0.25) is 0 Å². The molecule has 1 unspecified atom stereocenters. The van der Waals surface area contributed by atoms with Crippen LogP contribution in [0.25, 0.3) is 5.57 Å². The maximum Gasteiger partial charge on any atom is 0.139 e. The van der Waals surface area contributed by atoms with Gasteiger partial charge in [-0.15, -0.1) is 0 Å². The minimum atomic E-state index is -0.509. The Hall–Kier alpha value is -1.30. The third-order valence-corrected chi connectivity index (χ3v) is 3.99. The van der Waals surface area contributed by atoms with Gasteiger partial charge in [0.15, 0.2) is 0 Å². The van der Waals surface area contributed by atoms with E-state index in [1.807, 2.05) is 6.08 Å². The van der Waals surface area contributed by atoms with Crippen LogP contribution >= 0.6 is 15.9 Å². The zero-order chi connectivity index (χ0) is 15.4. The third-order valence-electron chi connectivity index (χ3n) is 3.49. The summed E-state index contributed by atoms with van der Waals surface area (Å²) in [5.41, 5.74) is 10.3. The van der Waals surface area contributed by atoms with Crippen molar-refractivity contribution in [1.29, 1.82) is 0 Å². The fraction of sp³-hybridized carbons (Fsp3) is 0.250. The van der Waals surface area contributed by atoms with Crippen LogP contribution in [0, 0.1) is 0 Å². The molecule has 5 heteroatoms. The lowest BCUT2D eigenvalue weighted by atomic mass is 9.92. The highest BCUT2D eigenvalue weighted by atomic mass is 79.9. The molecule has 3 N–H and O–H groups in total. The van der Waals surface area contributed by atoms with Crippen LogP contribution < -0.4 is 16.1 Å². The van der Waals surface area contributed by atoms with Gasteiger partial charge in [0, 0.05) is 35.4 Å². The van der Waals surface area contributed by atoms with Crippen LogP contribution in [-0.2, 0) is 0 Å². The van der Waals surface area contributed by atoms with Gasteiger partial charge in [0.05, 0.1) is 6.10 Å². The Labute approximate surface area is 135 Å². The molecule has 110 valence electrons. The minimum Gasteiger partial charge on any atom is -0.390 e. The van der Waals surface area contributed by atoms with Gasteiger partial charge in [0.2, 0.25) is 0 Å². The molecule has 1 aromatic rings. The van der Waals surface area contributed by atoms with E-state index in [0.29, 0.717) is 6.54 Å². The van der Waals surface area contributed by atoms with Crippen molar-refractivity contribution in [1.82, 2.24) is 0 Å². The second-order valence-electron chi connectivity index (χ2n) is 5.25. The molecule has 1 heterocycles. The summed E-state index contributed by atoms with van der Waals surface area (Å²) in [7, 11) is 2.09. The molecule has 3 nitrogen and oxygen atoms in total. The number of allylic oxidation sites excluding steroid dienone is 4. The molecule has 1 atom stereocenters. The normalized spacial score (nSPS) is 18.0. The Balaban J connectivity index is 2.37. The molecule has 0 radical (unpaired) electrons. The smallest absolute Gasteiger partial charge is 0.139 e. The molecule has 0 spiro atoms. The van der Waals surface area contributed by atoms with Gasteiger partial charge in [-0.2, -0.15) is 0 Å². The number of hydrogen-bond acceptors (Lipinski definition) is 3. The highest BCUT2D eigenvalue weighted by molar-refractivity contribution is 9.11. The van der Waals surface area contributed by atoms with E-state index in [4.69, 9.17) is 5.73 Å². The number of nitrogens with zero attached hydrogens (tertiary/aromatic N) is 1. The first kappa shape index (κ1) is 16.1. The standard InChI is InChI=1S/C16H20BBrN2O/c1-2-3-13(18)6-11-9-20(10-14(21)8-19)16-5-4-12(17)7-15(11)16/h2-7,14,21H,1,8-10,17,19H2/b11-6+,13-3+. The van der Waals surface area contributed by atoms with Crippen molar-refractivity contribution in [2.75, 3.05) is 24.5 Å². The van der Waals surface area contributed by atoms with Crippen LogP contribution in [0.2, 0.25) is 0 Å². The zero-order valence-corrected chi connectivity index (χ0v) is 13.8. The highest BCUT2D eigenvalue weighted by Crippen LogP contribution is 2.36. The van der Waals surface area contributed by atoms with Crippen molar-refractivity contribution < 1.29 is 5.11 Å². The number of aliphatic hydroxyl groups is 1. The summed E-state index contributed by atoms with van der Waals surface area (Å²) in [5, 5.41) is 9.83. The topological polar surface area (TPSA) is 49.5 Å². The second-order valence-corrected chi connectivity index (χ2v) is 6.16. The van der Waals surface area contributed by atoms with E-state index in [1.165, 1.54) is 16.6 Å².